The fraction of sp³-hybridized carbons (Fsp3) is 0.458. The number of likely N-dealkylation sites (tertiary alicyclic amines) is 1. The van der Waals surface area contributed by atoms with Crippen LogP contribution in [0.1, 0.15) is 54.1 Å². The van der Waals surface area contributed by atoms with Gasteiger partial charge in [0, 0.05) is 24.4 Å². The van der Waals surface area contributed by atoms with Crippen LogP contribution in [0, 0.1) is 13.8 Å². The maximum Gasteiger partial charge on any atom is 0.262 e. The van der Waals surface area contributed by atoms with Crippen LogP contribution in [0.5, 0.6) is 5.75 Å². The number of carbonyl (C=O) groups excluding carboxylic acids is 1. The molecular formula is C24H29N3O3S. The summed E-state index contributed by atoms with van der Waals surface area (Å²) >= 11 is 1.54. The lowest BCUT2D eigenvalue weighted by atomic mass is 10.0. The number of nitrogens with zero attached hydrogens (tertiary/aromatic N) is 3. The van der Waals surface area contributed by atoms with Crippen LogP contribution in [0.3, 0.4) is 0 Å². The number of fused-ring (bicyclic) bond motifs is 1. The molecule has 4 rings (SSSR count). The predicted octanol–water partition coefficient (Wildman–Crippen LogP) is 4.62. The van der Waals surface area contributed by atoms with Crippen LogP contribution in [0.4, 0.5) is 0 Å². The molecule has 31 heavy (non-hydrogen) atoms. The van der Waals surface area contributed by atoms with Gasteiger partial charge in [-0.05, 0) is 49.9 Å². The van der Waals surface area contributed by atoms with Gasteiger partial charge in [0.2, 0.25) is 5.91 Å². The summed E-state index contributed by atoms with van der Waals surface area (Å²) in [6.07, 6.45) is 6.08. The highest BCUT2D eigenvalue weighted by atomic mass is 32.1. The number of thiophene rings is 1. The summed E-state index contributed by atoms with van der Waals surface area (Å²) in [6, 6.07) is 8.08. The number of hydrogen-bond acceptors (Lipinski definition) is 5. The molecule has 3 heterocycles. The molecule has 0 saturated carbocycles. The third-order valence-corrected chi connectivity index (χ3v) is 7.41. The minimum absolute atomic E-state index is 0.0535. The van der Waals surface area contributed by atoms with Crippen molar-refractivity contribution in [3.8, 4) is 5.75 Å². The summed E-state index contributed by atoms with van der Waals surface area (Å²) in [6.45, 7) is 5.07. The lowest BCUT2D eigenvalue weighted by molar-refractivity contribution is -0.133. The maximum absolute atomic E-state index is 13.2. The molecule has 6 nitrogen and oxygen atoms in total. The average molecular weight is 440 g/mol. The Hall–Kier alpha value is -2.67. The minimum atomic E-state index is -0.0535. The summed E-state index contributed by atoms with van der Waals surface area (Å²) in [5, 5.41) is 0.684. The van der Waals surface area contributed by atoms with Gasteiger partial charge in [-0.25, -0.2) is 4.98 Å². The van der Waals surface area contributed by atoms with Gasteiger partial charge in [0.15, 0.2) is 0 Å². The summed E-state index contributed by atoms with van der Waals surface area (Å²) in [5.74, 6) is 0.907. The zero-order chi connectivity index (χ0) is 22.0. The molecule has 0 bridgehead atoms. The highest BCUT2D eigenvalue weighted by molar-refractivity contribution is 7.18. The molecule has 3 aromatic rings. The first kappa shape index (κ1) is 21.6. The van der Waals surface area contributed by atoms with Gasteiger partial charge < -0.3 is 9.64 Å². The van der Waals surface area contributed by atoms with Crippen LogP contribution in [0.2, 0.25) is 0 Å². The van der Waals surface area contributed by atoms with E-state index in [2.05, 4.69) is 17.1 Å². The third-order valence-electron chi connectivity index (χ3n) is 6.30. The van der Waals surface area contributed by atoms with Crippen molar-refractivity contribution in [2.75, 3.05) is 13.7 Å². The fourth-order valence-electron chi connectivity index (χ4n) is 4.37. The zero-order valence-electron chi connectivity index (χ0n) is 18.4. The first-order chi connectivity index (χ1) is 15.0. The number of amides is 1. The molecular weight excluding hydrogens is 410 g/mol. The van der Waals surface area contributed by atoms with E-state index in [9.17, 15) is 9.59 Å². The SMILES string of the molecule is COc1ccc([C@@H]2CCCCCN2C(=O)CCn2cnc3sc(C)c(C)c3c2=O)cc1. The lowest BCUT2D eigenvalue weighted by Gasteiger charge is -2.31. The van der Waals surface area contributed by atoms with Crippen molar-refractivity contribution in [1.82, 2.24) is 14.5 Å². The highest BCUT2D eigenvalue weighted by Crippen LogP contribution is 2.32. The van der Waals surface area contributed by atoms with Crippen molar-refractivity contribution < 1.29 is 9.53 Å². The molecule has 0 spiro atoms. The fourth-order valence-corrected chi connectivity index (χ4v) is 5.36. The quantitative estimate of drug-likeness (QED) is 0.582. The van der Waals surface area contributed by atoms with E-state index in [0.29, 0.717) is 18.4 Å². The standard InChI is InChI=1S/C24H29N3O3S/c1-16-17(2)31-23-22(16)24(29)26(15-25-23)14-12-21(28)27-13-6-4-5-7-20(27)18-8-10-19(30-3)11-9-18/h8-11,15,20H,4-7,12-14H2,1-3H3/t20-/m0/s1. The van der Waals surface area contributed by atoms with E-state index in [1.165, 1.54) is 0 Å². The lowest BCUT2D eigenvalue weighted by Crippen LogP contribution is -2.36. The summed E-state index contributed by atoms with van der Waals surface area (Å²) in [5.41, 5.74) is 2.08. The third kappa shape index (κ3) is 4.37. The Kier molecular flexibility index (Phi) is 6.41. The van der Waals surface area contributed by atoms with Crippen molar-refractivity contribution in [3.05, 3.63) is 57.0 Å². The van der Waals surface area contributed by atoms with Crippen molar-refractivity contribution in [3.63, 3.8) is 0 Å². The minimum Gasteiger partial charge on any atom is -0.497 e. The van der Waals surface area contributed by atoms with E-state index in [1.54, 1.807) is 29.3 Å². The van der Waals surface area contributed by atoms with Gasteiger partial charge in [-0.15, -0.1) is 11.3 Å². The Morgan fingerprint density at radius 2 is 1.97 bits per heavy atom. The Morgan fingerprint density at radius 3 is 2.71 bits per heavy atom. The topological polar surface area (TPSA) is 64.4 Å². The van der Waals surface area contributed by atoms with Crippen LogP contribution in [-0.4, -0.2) is 34.0 Å². The Morgan fingerprint density at radius 1 is 1.19 bits per heavy atom. The number of aromatic nitrogens is 2. The summed E-state index contributed by atoms with van der Waals surface area (Å²) in [4.78, 5) is 34.5. The normalized spacial score (nSPS) is 17.0. The first-order valence-corrected chi connectivity index (χ1v) is 11.7. The van der Waals surface area contributed by atoms with Crippen LogP contribution in [0.15, 0.2) is 35.4 Å². The Bertz CT molecular complexity index is 1130. The van der Waals surface area contributed by atoms with Crippen LogP contribution < -0.4 is 10.3 Å². The molecule has 164 valence electrons. The van der Waals surface area contributed by atoms with E-state index in [0.717, 1.165) is 58.8 Å². The van der Waals surface area contributed by atoms with Crippen LogP contribution in [-0.2, 0) is 11.3 Å². The number of hydrogen-bond donors (Lipinski definition) is 0. The molecule has 0 N–H and O–H groups in total. The molecule has 7 heteroatoms. The van der Waals surface area contributed by atoms with E-state index in [4.69, 9.17) is 4.74 Å². The molecule has 2 aromatic heterocycles. The largest absolute Gasteiger partial charge is 0.497 e. The average Bonchev–Trinajstić information content (AvgIpc) is 2.95. The molecule has 1 saturated heterocycles. The van der Waals surface area contributed by atoms with Gasteiger partial charge in [0.25, 0.3) is 5.56 Å². The van der Waals surface area contributed by atoms with E-state index >= 15 is 0 Å². The second-order valence-corrected chi connectivity index (χ2v) is 9.39. The Balaban J connectivity index is 1.53. The summed E-state index contributed by atoms with van der Waals surface area (Å²) < 4.78 is 6.86. The molecule has 0 unspecified atom stereocenters. The number of carbonyl (C=O) groups is 1. The number of rotatable bonds is 5. The van der Waals surface area contributed by atoms with E-state index in [1.807, 2.05) is 30.9 Å². The molecule has 1 fully saturated rings. The second kappa shape index (κ2) is 9.22. The smallest absolute Gasteiger partial charge is 0.262 e. The van der Waals surface area contributed by atoms with Gasteiger partial charge in [0.05, 0.1) is 24.9 Å². The number of aryl methyl sites for hydroxylation is 3. The van der Waals surface area contributed by atoms with Gasteiger partial charge >= 0.3 is 0 Å². The van der Waals surface area contributed by atoms with Crippen molar-refractivity contribution >= 4 is 27.5 Å². The molecule has 1 aliphatic heterocycles. The molecule has 1 atom stereocenters. The second-order valence-electron chi connectivity index (χ2n) is 8.18. The van der Waals surface area contributed by atoms with Crippen molar-refractivity contribution in [2.45, 2.75) is 58.5 Å². The number of ether oxygens (including phenoxy) is 1. The van der Waals surface area contributed by atoms with E-state index < -0.39 is 0 Å². The molecule has 0 radical (unpaired) electrons. The van der Waals surface area contributed by atoms with Gasteiger partial charge in [-0.1, -0.05) is 25.0 Å². The summed E-state index contributed by atoms with van der Waals surface area (Å²) in [7, 11) is 1.66. The molecule has 1 amide bonds. The van der Waals surface area contributed by atoms with Crippen LogP contribution >= 0.6 is 11.3 Å². The molecule has 1 aliphatic rings. The van der Waals surface area contributed by atoms with Crippen molar-refractivity contribution in [2.24, 2.45) is 0 Å². The van der Waals surface area contributed by atoms with Crippen LogP contribution in [0.25, 0.3) is 10.2 Å². The zero-order valence-corrected chi connectivity index (χ0v) is 19.2. The maximum atomic E-state index is 13.2. The number of methoxy groups -OCH3 is 1. The molecule has 1 aromatic carbocycles. The monoisotopic (exact) mass is 439 g/mol. The van der Waals surface area contributed by atoms with E-state index in [-0.39, 0.29) is 17.5 Å². The van der Waals surface area contributed by atoms with Gasteiger partial charge in [-0.3, -0.25) is 14.2 Å². The highest BCUT2D eigenvalue weighted by Gasteiger charge is 2.26. The van der Waals surface area contributed by atoms with Gasteiger partial charge in [0.1, 0.15) is 10.6 Å². The number of benzene rings is 1. The molecule has 0 aliphatic carbocycles. The van der Waals surface area contributed by atoms with Crippen molar-refractivity contribution in [1.29, 1.82) is 0 Å². The first-order valence-electron chi connectivity index (χ1n) is 10.9. The Labute approximate surface area is 186 Å². The predicted molar refractivity (Wildman–Crippen MR) is 124 cm³/mol. The van der Waals surface area contributed by atoms with Gasteiger partial charge in [-0.2, -0.15) is 0 Å².